The van der Waals surface area contributed by atoms with Crippen LogP contribution in [0.15, 0.2) is 24.3 Å². The number of ether oxygens (including phenoxy) is 1. The summed E-state index contributed by atoms with van der Waals surface area (Å²) in [6.07, 6.45) is 2.45. The van der Waals surface area contributed by atoms with E-state index in [-0.39, 0.29) is 12.2 Å². The summed E-state index contributed by atoms with van der Waals surface area (Å²) in [6.45, 7) is 4.59. The molecule has 0 aliphatic rings. The van der Waals surface area contributed by atoms with E-state index >= 15 is 0 Å². The van der Waals surface area contributed by atoms with E-state index in [0.717, 1.165) is 25.2 Å². The van der Waals surface area contributed by atoms with Crippen LogP contribution in [0.1, 0.15) is 43.5 Å². The minimum Gasteiger partial charge on any atom is -0.494 e. The van der Waals surface area contributed by atoms with E-state index in [1.807, 2.05) is 12.1 Å². The predicted molar refractivity (Wildman–Crippen MR) is 69.2 cm³/mol. The molecule has 2 heteroatoms. The zero-order valence-electron chi connectivity index (χ0n) is 10.5. The van der Waals surface area contributed by atoms with Crippen LogP contribution in [-0.2, 0) is 0 Å². The molecular formula is C15H18O2. The minimum atomic E-state index is 0.0551. The molecule has 0 aliphatic heterocycles. The molecule has 0 aromatic heterocycles. The highest BCUT2D eigenvalue weighted by Gasteiger charge is 2.03. The van der Waals surface area contributed by atoms with Crippen LogP contribution in [-0.4, -0.2) is 12.4 Å². The topological polar surface area (TPSA) is 26.3 Å². The Bertz CT molecular complexity index is 407. The maximum atomic E-state index is 11.6. The maximum Gasteiger partial charge on any atom is 0.174 e. The van der Waals surface area contributed by atoms with E-state index in [9.17, 15) is 4.79 Å². The number of carbonyl (C=O) groups excluding carboxylic acids is 1. The van der Waals surface area contributed by atoms with Gasteiger partial charge >= 0.3 is 0 Å². The second-order valence-corrected chi connectivity index (χ2v) is 3.75. The van der Waals surface area contributed by atoms with Gasteiger partial charge in [0.05, 0.1) is 13.0 Å². The van der Waals surface area contributed by atoms with Gasteiger partial charge in [-0.1, -0.05) is 19.3 Å². The Labute approximate surface area is 103 Å². The van der Waals surface area contributed by atoms with Crippen molar-refractivity contribution in [2.45, 2.75) is 33.1 Å². The molecule has 0 amide bonds. The van der Waals surface area contributed by atoms with Gasteiger partial charge in [0.25, 0.3) is 0 Å². The zero-order chi connectivity index (χ0) is 12.5. The monoisotopic (exact) mass is 230 g/mol. The lowest BCUT2D eigenvalue weighted by molar-refractivity contribution is 0.0998. The molecule has 0 unspecified atom stereocenters. The van der Waals surface area contributed by atoms with Crippen molar-refractivity contribution in [2.75, 3.05) is 6.61 Å². The van der Waals surface area contributed by atoms with Crippen LogP contribution in [0.3, 0.4) is 0 Å². The minimum absolute atomic E-state index is 0.0551. The average Bonchev–Trinajstić information content (AvgIpc) is 2.37. The van der Waals surface area contributed by atoms with Gasteiger partial charge in [-0.25, -0.2) is 0 Å². The quantitative estimate of drug-likeness (QED) is 0.425. The molecule has 0 radical (unpaired) electrons. The Morgan fingerprint density at radius 2 is 2.00 bits per heavy atom. The zero-order valence-corrected chi connectivity index (χ0v) is 10.5. The highest BCUT2D eigenvalue weighted by molar-refractivity contribution is 5.97. The van der Waals surface area contributed by atoms with Crippen LogP contribution in [0.5, 0.6) is 5.75 Å². The van der Waals surface area contributed by atoms with E-state index < -0.39 is 0 Å². The summed E-state index contributed by atoms with van der Waals surface area (Å²) in [5.41, 5.74) is 0.690. The van der Waals surface area contributed by atoms with Crippen LogP contribution in [0, 0.1) is 11.8 Å². The first-order valence-corrected chi connectivity index (χ1v) is 5.93. The van der Waals surface area contributed by atoms with Gasteiger partial charge in [0.1, 0.15) is 5.75 Å². The smallest absolute Gasteiger partial charge is 0.174 e. The van der Waals surface area contributed by atoms with Gasteiger partial charge in [-0.2, -0.15) is 0 Å². The Morgan fingerprint density at radius 1 is 1.29 bits per heavy atom. The van der Waals surface area contributed by atoms with Crippen LogP contribution in [0.25, 0.3) is 0 Å². The molecule has 0 aliphatic carbocycles. The molecule has 0 heterocycles. The van der Waals surface area contributed by atoms with E-state index in [0.29, 0.717) is 5.56 Å². The van der Waals surface area contributed by atoms with Crippen molar-refractivity contribution >= 4 is 5.78 Å². The molecule has 17 heavy (non-hydrogen) atoms. The third kappa shape index (κ3) is 4.74. The lowest BCUT2D eigenvalue weighted by Crippen LogP contribution is -1.99. The first kappa shape index (κ1) is 13.3. The van der Waals surface area contributed by atoms with Crippen molar-refractivity contribution in [3.63, 3.8) is 0 Å². The van der Waals surface area contributed by atoms with Gasteiger partial charge in [0.2, 0.25) is 0 Å². The standard InChI is InChI=1S/C15H18O2/c1-3-5-7-15(16)13-8-10-14(11-9-13)17-12-6-4-2/h8-11H,4,6-7,12H2,1-2H3. The number of Topliss-reactive ketones (excluding diaryl/α,β-unsaturated/α-hetero) is 1. The lowest BCUT2D eigenvalue weighted by atomic mass is 10.1. The van der Waals surface area contributed by atoms with Gasteiger partial charge in [-0.05, 0) is 37.6 Å². The molecule has 0 fully saturated rings. The first-order chi connectivity index (χ1) is 8.27. The normalized spacial score (nSPS) is 9.29. The Morgan fingerprint density at radius 3 is 2.59 bits per heavy atom. The van der Waals surface area contributed by atoms with E-state index in [1.165, 1.54) is 0 Å². The van der Waals surface area contributed by atoms with Crippen molar-refractivity contribution in [1.82, 2.24) is 0 Å². The van der Waals surface area contributed by atoms with Crippen LogP contribution in [0.2, 0.25) is 0 Å². The molecule has 1 rings (SSSR count). The van der Waals surface area contributed by atoms with Crippen LogP contribution >= 0.6 is 0 Å². The molecule has 1 aromatic carbocycles. The van der Waals surface area contributed by atoms with Crippen LogP contribution < -0.4 is 4.74 Å². The van der Waals surface area contributed by atoms with Gasteiger partial charge in [-0.3, -0.25) is 4.79 Å². The first-order valence-electron chi connectivity index (χ1n) is 5.93. The molecule has 0 saturated carbocycles. The number of unbranched alkanes of at least 4 members (excludes halogenated alkanes) is 1. The molecule has 0 spiro atoms. The third-order valence-electron chi connectivity index (χ3n) is 2.37. The number of carbonyl (C=O) groups is 1. The maximum absolute atomic E-state index is 11.6. The lowest BCUT2D eigenvalue weighted by Gasteiger charge is -2.05. The van der Waals surface area contributed by atoms with Gasteiger partial charge < -0.3 is 4.74 Å². The number of ketones is 1. The fraction of sp³-hybridized carbons (Fsp3) is 0.400. The Balaban J connectivity index is 2.54. The SMILES string of the molecule is CC#CCC(=O)c1ccc(OCCCC)cc1. The summed E-state index contributed by atoms with van der Waals surface area (Å²) < 4.78 is 5.52. The van der Waals surface area contributed by atoms with Crippen molar-refractivity contribution in [2.24, 2.45) is 0 Å². The summed E-state index contributed by atoms with van der Waals surface area (Å²) in [6, 6.07) is 7.26. The average molecular weight is 230 g/mol. The van der Waals surface area contributed by atoms with E-state index in [2.05, 4.69) is 18.8 Å². The largest absolute Gasteiger partial charge is 0.494 e. The van der Waals surface area contributed by atoms with Crippen LogP contribution in [0.4, 0.5) is 0 Å². The summed E-state index contributed by atoms with van der Waals surface area (Å²) in [4.78, 5) is 11.6. The van der Waals surface area contributed by atoms with E-state index in [4.69, 9.17) is 4.74 Å². The predicted octanol–water partition coefficient (Wildman–Crippen LogP) is 3.46. The van der Waals surface area contributed by atoms with Crippen molar-refractivity contribution in [3.8, 4) is 17.6 Å². The molecule has 0 atom stereocenters. The highest BCUT2D eigenvalue weighted by atomic mass is 16.5. The second-order valence-electron chi connectivity index (χ2n) is 3.75. The summed E-state index contributed by atoms with van der Waals surface area (Å²) >= 11 is 0. The second kappa shape index (κ2) is 7.51. The Kier molecular flexibility index (Phi) is 5.88. The molecule has 0 saturated heterocycles. The fourth-order valence-electron chi connectivity index (χ4n) is 1.34. The van der Waals surface area contributed by atoms with Gasteiger partial charge in [0, 0.05) is 5.56 Å². The van der Waals surface area contributed by atoms with Crippen molar-refractivity contribution < 1.29 is 9.53 Å². The number of benzene rings is 1. The van der Waals surface area contributed by atoms with Crippen molar-refractivity contribution in [3.05, 3.63) is 29.8 Å². The Hall–Kier alpha value is -1.75. The number of hydrogen-bond acceptors (Lipinski definition) is 2. The molecule has 0 N–H and O–H groups in total. The highest BCUT2D eigenvalue weighted by Crippen LogP contribution is 2.13. The molecule has 90 valence electrons. The fourth-order valence-corrected chi connectivity index (χ4v) is 1.34. The third-order valence-corrected chi connectivity index (χ3v) is 2.37. The summed E-state index contributed by atoms with van der Waals surface area (Å²) in [5, 5.41) is 0. The number of hydrogen-bond donors (Lipinski definition) is 0. The summed E-state index contributed by atoms with van der Waals surface area (Å²) in [5.74, 6) is 6.36. The van der Waals surface area contributed by atoms with Gasteiger partial charge in [-0.15, -0.1) is 5.92 Å². The number of rotatable bonds is 6. The van der Waals surface area contributed by atoms with Crippen molar-refractivity contribution in [1.29, 1.82) is 0 Å². The van der Waals surface area contributed by atoms with Gasteiger partial charge in [0.15, 0.2) is 5.78 Å². The molecular weight excluding hydrogens is 212 g/mol. The van der Waals surface area contributed by atoms with E-state index in [1.54, 1.807) is 19.1 Å². The molecule has 2 nitrogen and oxygen atoms in total. The summed E-state index contributed by atoms with van der Waals surface area (Å²) in [7, 11) is 0. The molecule has 0 bridgehead atoms. The molecule has 1 aromatic rings.